The zero-order valence-electron chi connectivity index (χ0n) is 20.5. The van der Waals surface area contributed by atoms with Crippen LogP contribution in [-0.4, -0.2) is 64.2 Å². The predicted molar refractivity (Wildman–Crippen MR) is 127 cm³/mol. The minimum Gasteiger partial charge on any atom is -0.466 e. The number of aromatic nitrogens is 2. The zero-order valence-corrected chi connectivity index (χ0v) is 21.2. The maximum atomic E-state index is 14.4. The molecule has 1 aromatic carbocycles. The number of hydrogen-bond donors (Lipinski definition) is 0. The summed E-state index contributed by atoms with van der Waals surface area (Å²) in [5.74, 6) is -1.26. The first-order valence-corrected chi connectivity index (χ1v) is 12.7. The smallest absolute Gasteiger partial charge is 0.435 e. The van der Waals surface area contributed by atoms with Crippen LogP contribution in [0, 0.1) is 11.7 Å². The summed E-state index contributed by atoms with van der Waals surface area (Å²) in [6, 6.07) is 3.97. The quantitative estimate of drug-likeness (QED) is 0.401. The van der Waals surface area contributed by atoms with Crippen LogP contribution in [0.1, 0.15) is 48.7 Å². The van der Waals surface area contributed by atoms with Crippen molar-refractivity contribution < 1.29 is 31.9 Å². The van der Waals surface area contributed by atoms with E-state index in [1.165, 1.54) is 17.0 Å². The molecule has 0 saturated carbocycles. The molecule has 37 heavy (non-hydrogen) atoms. The van der Waals surface area contributed by atoms with Crippen molar-refractivity contribution in [1.82, 2.24) is 19.6 Å². The summed E-state index contributed by atoms with van der Waals surface area (Å²) in [4.78, 5) is 28.7. The van der Waals surface area contributed by atoms with Crippen molar-refractivity contribution in [3.8, 4) is 0 Å². The monoisotopic (exact) mass is 544 g/mol. The fourth-order valence-electron chi connectivity index (χ4n) is 4.96. The summed E-state index contributed by atoms with van der Waals surface area (Å²) in [6.45, 7) is 3.26. The van der Waals surface area contributed by atoms with Crippen molar-refractivity contribution in [2.45, 2.75) is 51.9 Å². The Morgan fingerprint density at radius 1 is 1.19 bits per heavy atom. The van der Waals surface area contributed by atoms with Crippen LogP contribution in [0.4, 0.5) is 17.6 Å². The first kappa shape index (κ1) is 27.4. The standard InChI is InChI=1S/C25H29ClF4N4O3/c1-2-37-24(36)16-4-3-9-32(10-7-16)15-22(35)33-11-8-19-21(14-33)34(31-23(19)25(28,29)30)13-17-5-6-18(26)12-20(17)27/h5-6,12,16H,2-4,7-11,13-15H2,1H3. The van der Waals surface area contributed by atoms with Gasteiger partial charge in [-0.1, -0.05) is 17.7 Å². The van der Waals surface area contributed by atoms with Crippen LogP contribution in [0.5, 0.6) is 0 Å². The molecule has 1 fully saturated rings. The van der Waals surface area contributed by atoms with Crippen LogP contribution in [0.15, 0.2) is 18.2 Å². The third kappa shape index (κ3) is 6.43. The van der Waals surface area contributed by atoms with E-state index < -0.39 is 17.7 Å². The molecule has 0 radical (unpaired) electrons. The Morgan fingerprint density at radius 3 is 2.68 bits per heavy atom. The van der Waals surface area contributed by atoms with E-state index >= 15 is 0 Å². The Morgan fingerprint density at radius 2 is 1.97 bits per heavy atom. The van der Waals surface area contributed by atoms with E-state index in [1.807, 2.05) is 4.90 Å². The molecule has 0 bridgehead atoms. The number of likely N-dealkylation sites (tertiary alicyclic amines) is 1. The largest absolute Gasteiger partial charge is 0.466 e. The van der Waals surface area contributed by atoms with Crippen LogP contribution in [0.25, 0.3) is 0 Å². The molecule has 1 atom stereocenters. The van der Waals surface area contributed by atoms with E-state index in [9.17, 15) is 27.2 Å². The zero-order chi connectivity index (χ0) is 26.7. The van der Waals surface area contributed by atoms with Crippen LogP contribution in [-0.2, 0) is 40.0 Å². The number of esters is 1. The first-order valence-electron chi connectivity index (χ1n) is 12.3. The van der Waals surface area contributed by atoms with E-state index in [4.69, 9.17) is 16.3 Å². The SMILES string of the molecule is CCOC(=O)C1CCCN(CC(=O)N2CCc3c(C(F)(F)F)nn(Cc4ccc(Cl)cc4F)c3C2)CC1. The van der Waals surface area contributed by atoms with E-state index in [0.29, 0.717) is 32.5 Å². The van der Waals surface area contributed by atoms with Gasteiger partial charge in [-0.05, 0) is 57.8 Å². The average Bonchev–Trinajstić information content (AvgIpc) is 3.04. The van der Waals surface area contributed by atoms with Crippen molar-refractivity contribution in [3.63, 3.8) is 0 Å². The summed E-state index contributed by atoms with van der Waals surface area (Å²) in [5.41, 5.74) is -0.563. The van der Waals surface area contributed by atoms with Gasteiger partial charge >= 0.3 is 12.1 Å². The Bertz CT molecular complexity index is 1150. The second-order valence-electron chi connectivity index (χ2n) is 9.39. The van der Waals surface area contributed by atoms with Gasteiger partial charge in [-0.25, -0.2) is 4.39 Å². The van der Waals surface area contributed by atoms with Gasteiger partial charge in [-0.15, -0.1) is 0 Å². The molecule has 4 rings (SSSR count). The lowest BCUT2D eigenvalue weighted by atomic mass is 10.0. The molecule has 1 unspecified atom stereocenters. The molecule has 0 spiro atoms. The highest BCUT2D eigenvalue weighted by atomic mass is 35.5. The minimum absolute atomic E-state index is 0.00392. The third-order valence-corrected chi connectivity index (χ3v) is 7.13. The first-order chi connectivity index (χ1) is 17.6. The molecule has 0 aliphatic carbocycles. The molecule has 3 heterocycles. The fraction of sp³-hybridized carbons (Fsp3) is 0.560. The molecule has 12 heteroatoms. The van der Waals surface area contributed by atoms with Gasteiger partial charge in [-0.2, -0.15) is 18.3 Å². The summed E-state index contributed by atoms with van der Waals surface area (Å²) >= 11 is 5.80. The van der Waals surface area contributed by atoms with E-state index in [-0.39, 0.29) is 72.2 Å². The van der Waals surface area contributed by atoms with Crippen LogP contribution < -0.4 is 0 Å². The normalized spacial score (nSPS) is 18.9. The summed E-state index contributed by atoms with van der Waals surface area (Å²) in [7, 11) is 0. The molecule has 7 nitrogen and oxygen atoms in total. The number of rotatable bonds is 6. The van der Waals surface area contributed by atoms with Gasteiger partial charge in [-0.3, -0.25) is 19.2 Å². The Hall–Kier alpha value is -2.66. The topological polar surface area (TPSA) is 67.7 Å². The Labute approximate surface area is 217 Å². The number of amides is 1. The maximum Gasteiger partial charge on any atom is 0.435 e. The van der Waals surface area contributed by atoms with E-state index in [2.05, 4.69) is 5.10 Å². The number of fused-ring (bicyclic) bond motifs is 1. The number of hydrogen-bond acceptors (Lipinski definition) is 5. The molecule has 1 saturated heterocycles. The molecule has 2 aliphatic rings. The predicted octanol–water partition coefficient (Wildman–Crippen LogP) is 4.29. The number of nitrogens with zero attached hydrogens (tertiary/aromatic N) is 4. The number of halogens is 5. The fourth-order valence-corrected chi connectivity index (χ4v) is 5.12. The van der Waals surface area contributed by atoms with E-state index in [0.717, 1.165) is 17.2 Å². The maximum absolute atomic E-state index is 14.4. The van der Waals surface area contributed by atoms with Gasteiger partial charge in [0.1, 0.15) is 5.82 Å². The molecule has 1 aromatic heterocycles. The number of carbonyl (C=O) groups is 2. The van der Waals surface area contributed by atoms with Crippen molar-refractivity contribution in [2.75, 3.05) is 32.8 Å². The molecule has 2 aromatic rings. The highest BCUT2D eigenvalue weighted by molar-refractivity contribution is 6.30. The van der Waals surface area contributed by atoms with Crippen LogP contribution >= 0.6 is 11.6 Å². The summed E-state index contributed by atoms with van der Waals surface area (Å²) in [5, 5.41) is 3.96. The van der Waals surface area contributed by atoms with Crippen LogP contribution in [0.3, 0.4) is 0 Å². The van der Waals surface area contributed by atoms with Gasteiger partial charge in [0.25, 0.3) is 0 Å². The molecular weight excluding hydrogens is 516 g/mol. The van der Waals surface area contributed by atoms with Crippen molar-refractivity contribution in [2.24, 2.45) is 5.92 Å². The van der Waals surface area contributed by atoms with Gasteiger partial charge in [0, 0.05) is 22.7 Å². The van der Waals surface area contributed by atoms with Gasteiger partial charge in [0.2, 0.25) is 5.91 Å². The Balaban J connectivity index is 1.48. The second kappa shape index (κ2) is 11.4. The molecule has 202 valence electrons. The average molecular weight is 545 g/mol. The summed E-state index contributed by atoms with van der Waals surface area (Å²) < 4.78 is 61.8. The third-order valence-electron chi connectivity index (χ3n) is 6.89. The second-order valence-corrected chi connectivity index (χ2v) is 9.82. The lowest BCUT2D eigenvalue weighted by Crippen LogP contribution is -2.43. The molecular formula is C25H29ClF4N4O3. The number of alkyl halides is 3. The van der Waals surface area contributed by atoms with Crippen molar-refractivity contribution in [3.05, 3.63) is 51.6 Å². The molecule has 2 aliphatic heterocycles. The molecule has 0 N–H and O–H groups in total. The number of carbonyl (C=O) groups excluding carboxylic acids is 2. The summed E-state index contributed by atoms with van der Waals surface area (Å²) in [6.07, 6.45) is -2.64. The van der Waals surface area contributed by atoms with Crippen LogP contribution in [0.2, 0.25) is 5.02 Å². The van der Waals surface area contributed by atoms with Gasteiger partial charge < -0.3 is 9.64 Å². The highest BCUT2D eigenvalue weighted by Gasteiger charge is 2.41. The lowest BCUT2D eigenvalue weighted by molar-refractivity contribution is -0.148. The van der Waals surface area contributed by atoms with Crippen molar-refractivity contribution >= 4 is 23.5 Å². The molecule has 1 amide bonds. The lowest BCUT2D eigenvalue weighted by Gasteiger charge is -2.30. The van der Waals surface area contributed by atoms with Crippen molar-refractivity contribution in [1.29, 1.82) is 0 Å². The van der Waals surface area contributed by atoms with Gasteiger partial charge in [0.05, 0.1) is 37.9 Å². The number of benzene rings is 1. The van der Waals surface area contributed by atoms with E-state index in [1.54, 1.807) is 6.92 Å². The Kier molecular flexibility index (Phi) is 8.42. The number of ether oxygens (including phenoxy) is 1. The highest BCUT2D eigenvalue weighted by Crippen LogP contribution is 2.35. The van der Waals surface area contributed by atoms with Gasteiger partial charge in [0.15, 0.2) is 5.69 Å². The minimum atomic E-state index is -4.67.